The number of sulfone groups is 1. The molecule has 1 aliphatic rings. The summed E-state index contributed by atoms with van der Waals surface area (Å²) in [4.78, 5) is 18.4. The van der Waals surface area contributed by atoms with Gasteiger partial charge in [-0.2, -0.15) is 5.10 Å². The summed E-state index contributed by atoms with van der Waals surface area (Å²) in [5.74, 6) is 1.08. The molecular formula is C20H28N4O5S. The van der Waals surface area contributed by atoms with E-state index >= 15 is 0 Å². The summed E-state index contributed by atoms with van der Waals surface area (Å²) in [6.07, 6.45) is 4.11. The van der Waals surface area contributed by atoms with E-state index in [-0.39, 0.29) is 23.6 Å². The van der Waals surface area contributed by atoms with Crippen LogP contribution in [0.5, 0.6) is 5.75 Å². The van der Waals surface area contributed by atoms with Gasteiger partial charge < -0.3 is 14.4 Å². The fourth-order valence-electron chi connectivity index (χ4n) is 3.12. The van der Waals surface area contributed by atoms with Crippen molar-refractivity contribution in [2.45, 2.75) is 56.8 Å². The normalized spacial score (nSPS) is 15.8. The molecule has 0 atom stereocenters. The van der Waals surface area contributed by atoms with Crippen LogP contribution in [0.3, 0.4) is 0 Å². The number of hydrogen-bond donors (Lipinski definition) is 0. The van der Waals surface area contributed by atoms with E-state index in [1.54, 1.807) is 23.4 Å². The first kappa shape index (κ1) is 22.1. The zero-order valence-electron chi connectivity index (χ0n) is 17.7. The number of aromatic nitrogens is 3. The number of rotatable bonds is 5. The van der Waals surface area contributed by atoms with Crippen LogP contribution in [0.4, 0.5) is 4.79 Å². The quantitative estimate of drug-likeness (QED) is 0.710. The summed E-state index contributed by atoms with van der Waals surface area (Å²) in [7, 11) is -3.23. The summed E-state index contributed by atoms with van der Waals surface area (Å²) >= 11 is 0. The SMILES string of the molecule is CC(C)(C)OC(=O)N1CCC(n2cnc(COc3ccc(S(C)(=O)=O)cc3)n2)CC1. The van der Waals surface area contributed by atoms with E-state index < -0.39 is 15.4 Å². The number of benzene rings is 1. The Balaban J connectivity index is 1.50. The highest BCUT2D eigenvalue weighted by molar-refractivity contribution is 7.90. The van der Waals surface area contributed by atoms with Crippen molar-refractivity contribution < 1.29 is 22.7 Å². The molecule has 0 aliphatic carbocycles. The molecule has 0 radical (unpaired) electrons. The smallest absolute Gasteiger partial charge is 0.410 e. The summed E-state index contributed by atoms with van der Waals surface area (Å²) in [5.41, 5.74) is -0.500. The van der Waals surface area contributed by atoms with Crippen molar-refractivity contribution >= 4 is 15.9 Å². The van der Waals surface area contributed by atoms with E-state index in [9.17, 15) is 13.2 Å². The molecule has 1 saturated heterocycles. The van der Waals surface area contributed by atoms with Gasteiger partial charge in [0.05, 0.1) is 10.9 Å². The van der Waals surface area contributed by atoms with Gasteiger partial charge in [-0.1, -0.05) is 0 Å². The molecule has 1 aromatic carbocycles. The highest BCUT2D eigenvalue weighted by Crippen LogP contribution is 2.23. The predicted molar refractivity (Wildman–Crippen MR) is 110 cm³/mol. The molecule has 0 unspecified atom stereocenters. The van der Waals surface area contributed by atoms with Crippen LogP contribution >= 0.6 is 0 Å². The molecule has 0 N–H and O–H groups in total. The maximum Gasteiger partial charge on any atom is 0.410 e. The van der Waals surface area contributed by atoms with Crippen LogP contribution in [0.25, 0.3) is 0 Å². The lowest BCUT2D eigenvalue weighted by Crippen LogP contribution is -2.42. The van der Waals surface area contributed by atoms with Gasteiger partial charge in [-0.15, -0.1) is 0 Å². The molecule has 9 nitrogen and oxygen atoms in total. The third kappa shape index (κ3) is 5.94. The first-order valence-electron chi connectivity index (χ1n) is 9.82. The summed E-state index contributed by atoms with van der Waals surface area (Å²) in [6, 6.07) is 6.41. The number of ether oxygens (including phenoxy) is 2. The monoisotopic (exact) mass is 436 g/mol. The lowest BCUT2D eigenvalue weighted by Gasteiger charge is -2.33. The Kier molecular flexibility index (Phi) is 6.35. The number of piperidine rings is 1. The minimum Gasteiger partial charge on any atom is -0.486 e. The fraction of sp³-hybridized carbons (Fsp3) is 0.550. The van der Waals surface area contributed by atoms with Crippen molar-refractivity contribution in [1.29, 1.82) is 0 Å². The highest BCUT2D eigenvalue weighted by Gasteiger charge is 2.28. The fourth-order valence-corrected chi connectivity index (χ4v) is 3.75. The second kappa shape index (κ2) is 8.63. The lowest BCUT2D eigenvalue weighted by molar-refractivity contribution is 0.0184. The molecular weight excluding hydrogens is 408 g/mol. The van der Waals surface area contributed by atoms with Gasteiger partial charge in [0.1, 0.15) is 24.3 Å². The molecule has 1 fully saturated rings. The molecule has 164 valence electrons. The Morgan fingerprint density at radius 1 is 1.17 bits per heavy atom. The van der Waals surface area contributed by atoms with E-state index in [2.05, 4.69) is 10.1 Å². The molecule has 2 aromatic rings. The number of likely N-dealkylation sites (tertiary alicyclic amines) is 1. The van der Waals surface area contributed by atoms with Gasteiger partial charge in [-0.25, -0.2) is 22.9 Å². The maximum absolute atomic E-state index is 12.2. The zero-order valence-corrected chi connectivity index (χ0v) is 18.6. The third-order valence-corrected chi connectivity index (χ3v) is 5.79. The highest BCUT2D eigenvalue weighted by atomic mass is 32.2. The Morgan fingerprint density at radius 3 is 2.37 bits per heavy atom. The van der Waals surface area contributed by atoms with Crippen molar-refractivity contribution in [3.05, 3.63) is 36.4 Å². The van der Waals surface area contributed by atoms with Gasteiger partial charge in [0.2, 0.25) is 0 Å². The Morgan fingerprint density at radius 2 is 1.80 bits per heavy atom. The summed E-state index contributed by atoms with van der Waals surface area (Å²) in [6.45, 7) is 6.97. The van der Waals surface area contributed by atoms with Crippen molar-refractivity contribution in [2.75, 3.05) is 19.3 Å². The van der Waals surface area contributed by atoms with E-state index in [0.29, 0.717) is 24.7 Å². The van der Waals surface area contributed by atoms with Gasteiger partial charge in [-0.05, 0) is 57.9 Å². The minimum absolute atomic E-state index is 0.166. The first-order valence-corrected chi connectivity index (χ1v) is 11.7. The van der Waals surface area contributed by atoms with E-state index in [1.165, 1.54) is 12.1 Å². The van der Waals surface area contributed by atoms with E-state index in [0.717, 1.165) is 19.1 Å². The molecule has 0 bridgehead atoms. The predicted octanol–water partition coefficient (Wildman–Crippen LogP) is 2.83. The van der Waals surface area contributed by atoms with Crippen LogP contribution in [0, 0.1) is 0 Å². The number of hydrogen-bond acceptors (Lipinski definition) is 7. The van der Waals surface area contributed by atoms with Crippen LogP contribution in [0.1, 0.15) is 45.5 Å². The van der Waals surface area contributed by atoms with E-state index in [4.69, 9.17) is 9.47 Å². The van der Waals surface area contributed by atoms with Crippen molar-refractivity contribution in [1.82, 2.24) is 19.7 Å². The number of carbonyl (C=O) groups is 1. The maximum atomic E-state index is 12.2. The molecule has 1 aliphatic heterocycles. The lowest BCUT2D eigenvalue weighted by atomic mass is 10.1. The Hall–Kier alpha value is -2.62. The topological polar surface area (TPSA) is 104 Å². The molecule has 1 amide bonds. The molecule has 1 aromatic heterocycles. The van der Waals surface area contributed by atoms with Crippen LogP contribution in [0.15, 0.2) is 35.5 Å². The number of carbonyl (C=O) groups excluding carboxylic acids is 1. The average Bonchev–Trinajstić information content (AvgIpc) is 3.14. The minimum atomic E-state index is -3.23. The molecule has 10 heteroatoms. The van der Waals surface area contributed by atoms with Gasteiger partial charge in [0, 0.05) is 19.3 Å². The molecule has 0 spiro atoms. The molecule has 0 saturated carbocycles. The molecule has 3 rings (SSSR count). The largest absolute Gasteiger partial charge is 0.486 e. The van der Waals surface area contributed by atoms with Crippen LogP contribution in [-0.4, -0.2) is 59.1 Å². The van der Waals surface area contributed by atoms with Crippen molar-refractivity contribution in [3.8, 4) is 5.75 Å². The van der Waals surface area contributed by atoms with Crippen LogP contribution in [0.2, 0.25) is 0 Å². The first-order chi connectivity index (χ1) is 14.0. The molecule has 30 heavy (non-hydrogen) atoms. The van der Waals surface area contributed by atoms with Crippen molar-refractivity contribution in [2.24, 2.45) is 0 Å². The van der Waals surface area contributed by atoms with Gasteiger partial charge >= 0.3 is 6.09 Å². The number of nitrogens with zero attached hydrogens (tertiary/aromatic N) is 4. The van der Waals surface area contributed by atoms with Gasteiger partial charge in [0.15, 0.2) is 15.7 Å². The second-order valence-corrected chi connectivity index (χ2v) is 10.4. The summed E-state index contributed by atoms with van der Waals surface area (Å²) < 4.78 is 35.9. The van der Waals surface area contributed by atoms with Crippen LogP contribution in [-0.2, 0) is 21.2 Å². The Labute approximate surface area is 176 Å². The Bertz CT molecular complexity index is 971. The zero-order chi connectivity index (χ0) is 21.9. The average molecular weight is 437 g/mol. The van der Waals surface area contributed by atoms with Gasteiger partial charge in [0.25, 0.3) is 0 Å². The number of amides is 1. The standard InChI is InChI=1S/C20H28N4O5S/c1-20(2,3)29-19(25)23-11-9-15(10-12-23)24-14-21-18(22-24)13-28-16-5-7-17(8-6-16)30(4,26)27/h5-8,14-15H,9-13H2,1-4H3. The molecule has 2 heterocycles. The van der Waals surface area contributed by atoms with Crippen molar-refractivity contribution in [3.63, 3.8) is 0 Å². The van der Waals surface area contributed by atoms with Crippen LogP contribution < -0.4 is 4.74 Å². The summed E-state index contributed by atoms with van der Waals surface area (Å²) in [5, 5.41) is 4.49. The van der Waals surface area contributed by atoms with E-state index in [1.807, 2.05) is 25.5 Å². The third-order valence-electron chi connectivity index (χ3n) is 4.67. The second-order valence-electron chi connectivity index (χ2n) is 8.37. The van der Waals surface area contributed by atoms with Gasteiger partial charge in [-0.3, -0.25) is 0 Å².